The van der Waals surface area contributed by atoms with Crippen molar-refractivity contribution in [2.24, 2.45) is 0 Å². The molecule has 1 aliphatic heterocycles. The van der Waals surface area contributed by atoms with Crippen LogP contribution in [-0.2, 0) is 22.5 Å². The van der Waals surface area contributed by atoms with Gasteiger partial charge in [-0.1, -0.05) is 72.8 Å². The highest BCUT2D eigenvalue weighted by molar-refractivity contribution is 5.93. The normalized spacial score (nSPS) is 13.5. The van der Waals surface area contributed by atoms with Crippen molar-refractivity contribution in [1.29, 1.82) is 0 Å². The molecule has 211 valence electrons. The predicted molar refractivity (Wildman–Crippen MR) is 157 cm³/mol. The summed E-state index contributed by atoms with van der Waals surface area (Å²) in [6.45, 7) is 3.18. The number of aryl methyl sites for hydroxylation is 1. The molecule has 1 aliphatic rings. The molecule has 2 amide bonds. The topological polar surface area (TPSA) is 94.1 Å². The average Bonchev–Trinajstić information content (AvgIpc) is 3.00. The lowest BCUT2D eigenvalue weighted by molar-refractivity contribution is -0.121. The van der Waals surface area contributed by atoms with E-state index in [0.29, 0.717) is 25.9 Å². The van der Waals surface area contributed by atoms with Crippen molar-refractivity contribution in [3.8, 4) is 11.1 Å². The number of anilines is 1. The lowest BCUT2D eigenvalue weighted by Crippen LogP contribution is -2.50. The van der Waals surface area contributed by atoms with Gasteiger partial charge in [-0.25, -0.2) is 14.8 Å². The van der Waals surface area contributed by atoms with Gasteiger partial charge in [0.25, 0.3) is 0 Å². The van der Waals surface area contributed by atoms with Crippen LogP contribution in [0.4, 0.5) is 10.5 Å². The minimum Gasteiger partial charge on any atom is -0.446 e. The maximum atomic E-state index is 13.4. The molecule has 0 bridgehead atoms. The Balaban J connectivity index is 1.29. The highest BCUT2D eigenvalue weighted by Crippen LogP contribution is 2.33. The van der Waals surface area contributed by atoms with E-state index in [4.69, 9.17) is 9.84 Å². The molecule has 0 saturated carbocycles. The van der Waals surface area contributed by atoms with Crippen LogP contribution in [0.3, 0.4) is 0 Å². The molecule has 8 heteroatoms. The number of rotatable bonds is 13. The molecule has 1 fully saturated rings. The quantitative estimate of drug-likeness (QED) is 0.278. The number of piperidine rings is 1. The van der Waals surface area contributed by atoms with Crippen molar-refractivity contribution in [3.05, 3.63) is 96.4 Å². The van der Waals surface area contributed by atoms with Crippen LogP contribution in [0.5, 0.6) is 0 Å². The van der Waals surface area contributed by atoms with Crippen LogP contribution >= 0.6 is 0 Å². The number of aliphatic hydroxyl groups is 1. The van der Waals surface area contributed by atoms with Crippen LogP contribution in [0.2, 0.25) is 0 Å². The smallest absolute Gasteiger partial charge is 0.429 e. The molecule has 1 heterocycles. The Morgan fingerprint density at radius 3 is 2.33 bits per heavy atom. The largest absolute Gasteiger partial charge is 0.446 e. The first-order chi connectivity index (χ1) is 19.7. The number of carbonyl (C=O) groups is 2. The van der Waals surface area contributed by atoms with Crippen LogP contribution in [0.15, 0.2) is 78.9 Å². The molecule has 40 heavy (non-hydrogen) atoms. The fourth-order valence-electron chi connectivity index (χ4n) is 4.69. The molecule has 3 aromatic rings. The molecule has 0 spiro atoms. The molecule has 0 aliphatic carbocycles. The van der Waals surface area contributed by atoms with Crippen molar-refractivity contribution < 1.29 is 19.4 Å². The van der Waals surface area contributed by atoms with Gasteiger partial charge in [0.2, 0.25) is 5.91 Å². The fourth-order valence-corrected chi connectivity index (χ4v) is 4.69. The Kier molecular flexibility index (Phi) is 11.5. The Hall–Kier alpha value is -3.72. The zero-order chi connectivity index (χ0) is 28.0. The van der Waals surface area contributed by atoms with E-state index in [1.807, 2.05) is 83.9 Å². The van der Waals surface area contributed by atoms with Gasteiger partial charge in [-0.15, -0.1) is 0 Å². The molecule has 0 atom stereocenters. The molecule has 3 aromatic carbocycles. The predicted octanol–water partition coefficient (Wildman–Crippen LogP) is 4.34. The van der Waals surface area contributed by atoms with Crippen LogP contribution in [-0.4, -0.2) is 61.5 Å². The molecule has 0 aromatic heterocycles. The van der Waals surface area contributed by atoms with Gasteiger partial charge in [-0.05, 0) is 48.4 Å². The third kappa shape index (κ3) is 8.64. The second kappa shape index (κ2) is 15.8. The summed E-state index contributed by atoms with van der Waals surface area (Å²) >= 11 is 0. The van der Waals surface area contributed by atoms with Crippen molar-refractivity contribution in [2.45, 2.75) is 32.2 Å². The number of ether oxygens (including phenoxy) is 1. The number of amides is 2. The summed E-state index contributed by atoms with van der Waals surface area (Å²) in [5, 5.41) is 18.6. The summed E-state index contributed by atoms with van der Waals surface area (Å²) in [6.07, 6.45) is 4.58. The second-order valence-corrected chi connectivity index (χ2v) is 9.70. The van der Waals surface area contributed by atoms with Gasteiger partial charge >= 0.3 is 6.09 Å². The molecule has 8 nitrogen and oxygen atoms in total. The third-order valence-electron chi connectivity index (χ3n) is 6.79. The number of nitrogens with one attached hydrogen (secondary N) is 2. The zero-order valence-corrected chi connectivity index (χ0v) is 22.9. The Morgan fingerprint density at radius 2 is 1.57 bits per heavy atom. The number of hydrogen-bond acceptors (Lipinski definition) is 6. The summed E-state index contributed by atoms with van der Waals surface area (Å²) in [4.78, 5) is 25.8. The highest BCUT2D eigenvalue weighted by atomic mass is 16.6. The number of carbonyl (C=O) groups excluding carboxylic acids is 2. The molecule has 1 radical (unpaired) electrons. The maximum absolute atomic E-state index is 13.4. The number of nitrogens with zero attached hydrogens (tertiary/aromatic N) is 2. The molecule has 0 unspecified atom stereocenters. The number of benzene rings is 3. The van der Waals surface area contributed by atoms with Gasteiger partial charge in [0.1, 0.15) is 6.61 Å². The standard InChI is InChI=1S/C32H39N4O4/c37-23-19-33-25-27-15-13-26(14-16-27)17-18-31(38)34-20-24-40-32(39)36(35-21-7-2-8-22-35)30-12-6-5-11-29(30)28-9-3-1-4-10-28/h1-6,9-16,33,37H,7-8,17-25H2,(H,34,38). The average molecular weight is 544 g/mol. The first-order valence-corrected chi connectivity index (χ1v) is 14.0. The summed E-state index contributed by atoms with van der Waals surface area (Å²) in [6, 6.07) is 26.0. The van der Waals surface area contributed by atoms with Crippen molar-refractivity contribution >= 4 is 17.7 Å². The van der Waals surface area contributed by atoms with E-state index < -0.39 is 6.09 Å². The third-order valence-corrected chi connectivity index (χ3v) is 6.79. The number of aliphatic hydroxyl groups excluding tert-OH is 1. The number of para-hydroxylation sites is 1. The molecule has 1 saturated heterocycles. The minimum absolute atomic E-state index is 0.0809. The minimum atomic E-state index is -0.451. The monoisotopic (exact) mass is 543 g/mol. The molecule has 3 N–H and O–H groups in total. The highest BCUT2D eigenvalue weighted by Gasteiger charge is 2.28. The summed E-state index contributed by atoms with van der Waals surface area (Å²) in [7, 11) is 0. The van der Waals surface area contributed by atoms with Gasteiger partial charge in [-0.2, -0.15) is 0 Å². The van der Waals surface area contributed by atoms with Gasteiger partial charge in [-0.3, -0.25) is 4.79 Å². The maximum Gasteiger partial charge on any atom is 0.429 e. The summed E-state index contributed by atoms with van der Waals surface area (Å²) in [5.74, 6) is -0.0809. The SMILES string of the molecule is O=C(CCc1ccc(CNCCO)cc1)NCCOC(=O)N(c1ccccc1-c1ccccc1)N1CC[CH]CC1. The van der Waals surface area contributed by atoms with E-state index in [1.165, 1.54) is 0 Å². The molecule has 4 rings (SSSR count). The van der Waals surface area contributed by atoms with E-state index in [-0.39, 0.29) is 25.7 Å². The second-order valence-electron chi connectivity index (χ2n) is 9.70. The number of hydrogen-bond donors (Lipinski definition) is 3. The van der Waals surface area contributed by atoms with Crippen LogP contribution in [0.25, 0.3) is 11.1 Å². The number of hydrazine groups is 1. The van der Waals surface area contributed by atoms with E-state index in [1.54, 1.807) is 5.01 Å². The lowest BCUT2D eigenvalue weighted by Gasteiger charge is -2.37. The zero-order valence-electron chi connectivity index (χ0n) is 22.9. The van der Waals surface area contributed by atoms with Crippen molar-refractivity contribution in [1.82, 2.24) is 15.6 Å². The summed E-state index contributed by atoms with van der Waals surface area (Å²) < 4.78 is 5.67. The molecular weight excluding hydrogens is 504 g/mol. The van der Waals surface area contributed by atoms with Crippen LogP contribution in [0.1, 0.15) is 30.4 Å². The first kappa shape index (κ1) is 29.3. The fraction of sp³-hybridized carbons (Fsp3) is 0.344. The van der Waals surface area contributed by atoms with Crippen molar-refractivity contribution in [2.75, 3.05) is 44.4 Å². The van der Waals surface area contributed by atoms with Crippen LogP contribution in [0, 0.1) is 6.42 Å². The van der Waals surface area contributed by atoms with E-state index in [2.05, 4.69) is 17.1 Å². The Labute approximate surface area is 236 Å². The van der Waals surface area contributed by atoms with E-state index in [0.717, 1.165) is 53.9 Å². The van der Waals surface area contributed by atoms with E-state index in [9.17, 15) is 9.59 Å². The van der Waals surface area contributed by atoms with Crippen molar-refractivity contribution in [3.63, 3.8) is 0 Å². The van der Waals surface area contributed by atoms with Gasteiger partial charge in [0, 0.05) is 38.2 Å². The van der Waals surface area contributed by atoms with Gasteiger partial charge in [0.05, 0.1) is 18.8 Å². The Bertz CT molecular complexity index is 1200. The molecular formula is C32H39N4O4. The van der Waals surface area contributed by atoms with Crippen LogP contribution < -0.4 is 15.6 Å². The lowest BCUT2D eigenvalue weighted by atomic mass is 10.0. The van der Waals surface area contributed by atoms with E-state index >= 15 is 0 Å². The van der Waals surface area contributed by atoms with Gasteiger partial charge < -0.3 is 20.5 Å². The summed E-state index contributed by atoms with van der Waals surface area (Å²) in [5.41, 5.74) is 4.97. The first-order valence-electron chi connectivity index (χ1n) is 14.0. The van der Waals surface area contributed by atoms with Gasteiger partial charge in [0.15, 0.2) is 0 Å². The Morgan fingerprint density at radius 1 is 0.875 bits per heavy atom.